The lowest BCUT2D eigenvalue weighted by Crippen LogP contribution is -2.17. The van der Waals surface area contributed by atoms with E-state index in [1.54, 1.807) is 0 Å². The topological polar surface area (TPSA) is 94.8 Å². The second kappa shape index (κ2) is 10.3. The Morgan fingerprint density at radius 2 is 1.75 bits per heavy atom. The number of anilines is 1. The van der Waals surface area contributed by atoms with Crippen LogP contribution in [0, 0.1) is 19.7 Å². The third kappa shape index (κ3) is 6.36. The summed E-state index contributed by atoms with van der Waals surface area (Å²) < 4.78 is 56.3. The third-order valence-electron chi connectivity index (χ3n) is 4.68. The summed E-state index contributed by atoms with van der Waals surface area (Å²) in [6.07, 6.45) is -4.83. The van der Waals surface area contributed by atoms with Crippen LogP contribution in [0.25, 0.3) is 5.69 Å². The zero-order chi connectivity index (χ0) is 25.9. The third-order valence-corrected chi connectivity index (χ3v) is 5.53. The van der Waals surface area contributed by atoms with E-state index in [0.717, 1.165) is 29.6 Å². The van der Waals surface area contributed by atoms with E-state index in [-0.39, 0.29) is 17.1 Å². The zero-order valence-corrected chi connectivity index (χ0v) is 19.7. The van der Waals surface area contributed by atoms with Crippen LogP contribution in [-0.4, -0.2) is 37.2 Å². The number of rotatable bonds is 7. The van der Waals surface area contributed by atoms with Gasteiger partial charge in [-0.2, -0.15) is 0 Å². The molecule has 0 unspecified atom stereocenters. The van der Waals surface area contributed by atoms with Crippen LogP contribution in [0.2, 0.25) is 0 Å². The molecule has 0 radical (unpaired) electrons. The summed E-state index contributed by atoms with van der Waals surface area (Å²) in [6, 6.07) is 12.1. The molecule has 0 saturated heterocycles. The fourth-order valence-electron chi connectivity index (χ4n) is 3.25. The lowest BCUT2D eigenvalue weighted by atomic mass is 10.2. The van der Waals surface area contributed by atoms with Gasteiger partial charge in [-0.25, -0.2) is 19.0 Å². The van der Waals surface area contributed by atoms with Gasteiger partial charge >= 0.3 is 6.36 Å². The Morgan fingerprint density at radius 1 is 1.06 bits per heavy atom. The Labute approximate surface area is 206 Å². The van der Waals surface area contributed by atoms with Gasteiger partial charge in [0.05, 0.1) is 11.4 Å². The molecule has 2 heterocycles. The van der Waals surface area contributed by atoms with Crippen molar-refractivity contribution >= 4 is 23.4 Å². The van der Waals surface area contributed by atoms with E-state index < -0.39 is 23.8 Å². The summed E-state index contributed by atoms with van der Waals surface area (Å²) in [6.45, 7) is 3.65. The number of carbonyl (C=O) groups is 1. The van der Waals surface area contributed by atoms with Crippen molar-refractivity contribution in [3.8, 4) is 11.4 Å². The predicted octanol–water partition coefficient (Wildman–Crippen LogP) is 5.26. The average Bonchev–Trinajstić information content (AvgIpc) is 3.20. The normalized spacial score (nSPS) is 11.4. The highest BCUT2D eigenvalue weighted by molar-refractivity contribution is 7.98. The van der Waals surface area contributed by atoms with E-state index in [4.69, 9.17) is 0 Å². The van der Waals surface area contributed by atoms with E-state index in [2.05, 4.69) is 30.3 Å². The molecule has 2 aromatic carbocycles. The van der Waals surface area contributed by atoms with Crippen LogP contribution in [-0.2, 0) is 5.75 Å². The molecule has 1 N–H and O–H groups in total. The van der Waals surface area contributed by atoms with E-state index >= 15 is 0 Å². The van der Waals surface area contributed by atoms with Crippen molar-refractivity contribution < 1.29 is 27.1 Å². The molecular weight excluding hydrogens is 500 g/mol. The summed E-state index contributed by atoms with van der Waals surface area (Å²) in [7, 11) is 0. The van der Waals surface area contributed by atoms with Gasteiger partial charge in [0.2, 0.25) is 0 Å². The summed E-state index contributed by atoms with van der Waals surface area (Å²) >= 11 is 1.23. The molecule has 0 saturated carbocycles. The molecule has 13 heteroatoms. The highest BCUT2D eigenvalue weighted by atomic mass is 32.2. The van der Waals surface area contributed by atoms with Crippen molar-refractivity contribution in [2.45, 2.75) is 31.1 Å². The Bertz CT molecular complexity index is 1370. The van der Waals surface area contributed by atoms with Crippen LogP contribution in [0.3, 0.4) is 0 Å². The van der Waals surface area contributed by atoms with Gasteiger partial charge in [0, 0.05) is 22.8 Å². The van der Waals surface area contributed by atoms with Gasteiger partial charge in [-0.05, 0) is 62.4 Å². The molecule has 0 atom stereocenters. The maximum atomic E-state index is 13.6. The Balaban J connectivity index is 1.66. The van der Waals surface area contributed by atoms with Crippen molar-refractivity contribution in [1.82, 2.24) is 25.0 Å². The summed E-state index contributed by atoms with van der Waals surface area (Å²) in [5.41, 5.74) is 2.38. The number of benzene rings is 2. The molecule has 0 aliphatic heterocycles. The van der Waals surface area contributed by atoms with Gasteiger partial charge in [-0.3, -0.25) is 4.79 Å². The van der Waals surface area contributed by atoms with E-state index in [0.29, 0.717) is 16.5 Å². The second-order valence-electron chi connectivity index (χ2n) is 7.52. The number of nitrogens with zero attached hydrogens (tertiary/aromatic N) is 5. The first-order valence-corrected chi connectivity index (χ1v) is 11.4. The minimum absolute atomic E-state index is 0.0493. The number of ether oxygens (including phenoxy) is 1. The molecule has 1 amide bonds. The molecule has 36 heavy (non-hydrogen) atoms. The van der Waals surface area contributed by atoms with E-state index in [1.165, 1.54) is 46.8 Å². The molecule has 0 aliphatic rings. The fraction of sp³-hybridized carbons (Fsp3) is 0.174. The van der Waals surface area contributed by atoms with Crippen molar-refractivity contribution in [1.29, 1.82) is 0 Å². The maximum absolute atomic E-state index is 13.6. The highest BCUT2D eigenvalue weighted by Crippen LogP contribution is 2.27. The molecule has 8 nitrogen and oxygen atoms in total. The lowest BCUT2D eigenvalue weighted by Gasteiger charge is -2.11. The number of halogens is 4. The first-order valence-electron chi connectivity index (χ1n) is 10.4. The van der Waals surface area contributed by atoms with E-state index in [1.807, 2.05) is 19.9 Å². The molecule has 0 aliphatic carbocycles. The monoisotopic (exact) mass is 518 g/mol. The molecule has 4 aromatic rings. The summed E-state index contributed by atoms with van der Waals surface area (Å²) in [5, 5.41) is 11.1. The lowest BCUT2D eigenvalue weighted by molar-refractivity contribution is -0.274. The van der Waals surface area contributed by atoms with Gasteiger partial charge in [0.25, 0.3) is 5.91 Å². The number of aromatic nitrogens is 5. The number of hydrogen-bond donors (Lipinski definition) is 1. The number of aryl methyl sites for hydroxylation is 2. The largest absolute Gasteiger partial charge is 0.573 e. The Kier molecular flexibility index (Phi) is 7.20. The van der Waals surface area contributed by atoms with Crippen molar-refractivity contribution in [2.24, 2.45) is 0 Å². The Hall–Kier alpha value is -4.00. The minimum atomic E-state index is -4.83. The second-order valence-corrected chi connectivity index (χ2v) is 8.47. The number of carbonyl (C=O) groups excluding carboxylic acids is 1. The number of nitrogens with one attached hydrogen (secondary N) is 1. The minimum Gasteiger partial charge on any atom is -0.406 e. The maximum Gasteiger partial charge on any atom is 0.573 e. The van der Waals surface area contributed by atoms with Crippen molar-refractivity contribution in [3.63, 3.8) is 0 Å². The van der Waals surface area contributed by atoms with Crippen LogP contribution in [0.15, 0.2) is 59.8 Å². The molecular formula is C23H18F4N6O2S. The standard InChI is InChI=1S/C23H18F4N6O2S/c1-13-10-14(2)29-22(28-13)36-12-19-20(21(34)30-16-5-3-4-15(24)11-16)31-32-33(19)17-6-8-18(9-7-17)35-23(25,26)27/h3-11H,12H2,1-2H3,(H,30,34). The average molecular weight is 518 g/mol. The SMILES string of the molecule is Cc1cc(C)nc(SCc2c(C(=O)Nc3cccc(F)c3)nnn2-c2ccc(OC(F)(F)F)cc2)n1. The molecule has 0 spiro atoms. The van der Waals surface area contributed by atoms with E-state index in [9.17, 15) is 22.4 Å². The number of alkyl halides is 3. The molecule has 0 fully saturated rings. The van der Waals surface area contributed by atoms with Gasteiger partial charge in [-0.15, -0.1) is 18.3 Å². The van der Waals surface area contributed by atoms with Crippen molar-refractivity contribution in [2.75, 3.05) is 5.32 Å². The molecule has 186 valence electrons. The zero-order valence-electron chi connectivity index (χ0n) is 18.9. The van der Waals surface area contributed by atoms with Crippen LogP contribution >= 0.6 is 11.8 Å². The summed E-state index contributed by atoms with van der Waals surface area (Å²) in [4.78, 5) is 21.7. The number of hydrogen-bond acceptors (Lipinski definition) is 7. The van der Waals surface area contributed by atoms with Crippen LogP contribution in [0.4, 0.5) is 23.2 Å². The summed E-state index contributed by atoms with van der Waals surface area (Å²) in [5.74, 6) is -1.42. The number of thioether (sulfide) groups is 1. The van der Waals surface area contributed by atoms with Crippen LogP contribution in [0.1, 0.15) is 27.6 Å². The van der Waals surface area contributed by atoms with Crippen LogP contribution in [0.5, 0.6) is 5.75 Å². The van der Waals surface area contributed by atoms with Crippen LogP contribution < -0.4 is 10.1 Å². The highest BCUT2D eigenvalue weighted by Gasteiger charge is 2.31. The Morgan fingerprint density at radius 3 is 2.39 bits per heavy atom. The first kappa shape index (κ1) is 25.1. The molecule has 2 aromatic heterocycles. The molecule has 4 rings (SSSR count). The van der Waals surface area contributed by atoms with Gasteiger partial charge in [0.15, 0.2) is 10.9 Å². The van der Waals surface area contributed by atoms with Gasteiger partial charge < -0.3 is 10.1 Å². The predicted molar refractivity (Wildman–Crippen MR) is 123 cm³/mol. The quantitative estimate of drug-likeness (QED) is 0.203. The van der Waals surface area contributed by atoms with Gasteiger partial charge in [-0.1, -0.05) is 23.0 Å². The fourth-order valence-corrected chi connectivity index (χ4v) is 4.19. The molecule has 0 bridgehead atoms. The first-order chi connectivity index (χ1) is 17.1. The van der Waals surface area contributed by atoms with Gasteiger partial charge in [0.1, 0.15) is 11.6 Å². The van der Waals surface area contributed by atoms with Crippen molar-refractivity contribution in [3.05, 3.63) is 83.2 Å². The smallest absolute Gasteiger partial charge is 0.406 e. The number of amides is 1.